The lowest BCUT2D eigenvalue weighted by Gasteiger charge is -2.36. The van der Waals surface area contributed by atoms with Gasteiger partial charge in [-0.05, 0) is 42.3 Å². The molecule has 0 saturated carbocycles. The highest BCUT2D eigenvalue weighted by Crippen LogP contribution is 2.31. The van der Waals surface area contributed by atoms with Crippen molar-refractivity contribution in [1.29, 1.82) is 0 Å². The molecule has 3 nitrogen and oxygen atoms in total. The normalized spacial score (nSPS) is 15.1. The molecule has 1 fully saturated rings. The summed E-state index contributed by atoms with van der Waals surface area (Å²) in [7, 11) is 0. The van der Waals surface area contributed by atoms with Crippen LogP contribution in [0.15, 0.2) is 53.0 Å². The van der Waals surface area contributed by atoms with E-state index in [9.17, 15) is 18.0 Å². The molecule has 0 spiro atoms. The first-order chi connectivity index (χ1) is 12.8. The Hall–Kier alpha value is -2.02. The van der Waals surface area contributed by atoms with Crippen LogP contribution in [0.1, 0.15) is 17.5 Å². The first-order valence-electron chi connectivity index (χ1n) is 8.77. The Morgan fingerprint density at radius 3 is 2.37 bits per heavy atom. The van der Waals surface area contributed by atoms with Gasteiger partial charge in [-0.2, -0.15) is 13.2 Å². The third kappa shape index (κ3) is 5.25. The lowest BCUT2D eigenvalue weighted by atomic mass is 10.1. The van der Waals surface area contributed by atoms with Crippen LogP contribution in [0.25, 0.3) is 0 Å². The summed E-state index contributed by atoms with van der Waals surface area (Å²) in [5.41, 5.74) is 0.999. The van der Waals surface area contributed by atoms with Crippen LogP contribution in [-0.2, 0) is 17.4 Å². The van der Waals surface area contributed by atoms with E-state index in [1.165, 1.54) is 12.1 Å². The van der Waals surface area contributed by atoms with Crippen molar-refractivity contribution < 1.29 is 18.0 Å². The van der Waals surface area contributed by atoms with Crippen LogP contribution in [0.5, 0.6) is 0 Å². The van der Waals surface area contributed by atoms with Crippen LogP contribution in [0.3, 0.4) is 0 Å². The third-order valence-corrected chi connectivity index (χ3v) is 5.18. The molecule has 0 atom stereocenters. The number of hydrogen-bond acceptors (Lipinski definition) is 2. The van der Waals surface area contributed by atoms with Crippen molar-refractivity contribution in [3.63, 3.8) is 0 Å². The average Bonchev–Trinajstić information content (AvgIpc) is 2.66. The molecule has 0 radical (unpaired) electrons. The minimum Gasteiger partial charge on any atom is -0.368 e. The van der Waals surface area contributed by atoms with E-state index < -0.39 is 11.7 Å². The summed E-state index contributed by atoms with van der Waals surface area (Å²) in [4.78, 5) is 16.1. The number of benzene rings is 2. The van der Waals surface area contributed by atoms with Crippen molar-refractivity contribution in [3.05, 3.63) is 64.1 Å². The number of halogens is 4. The van der Waals surface area contributed by atoms with E-state index in [-0.39, 0.29) is 5.91 Å². The summed E-state index contributed by atoms with van der Waals surface area (Å²) in [6.07, 6.45) is -3.24. The largest absolute Gasteiger partial charge is 0.416 e. The molecule has 144 valence electrons. The summed E-state index contributed by atoms with van der Waals surface area (Å²) < 4.78 is 39.6. The highest BCUT2D eigenvalue weighted by atomic mass is 79.9. The van der Waals surface area contributed by atoms with Crippen molar-refractivity contribution in [1.82, 2.24) is 4.90 Å². The molecular weight excluding hydrogens is 421 g/mol. The fourth-order valence-electron chi connectivity index (χ4n) is 3.19. The molecule has 1 amide bonds. The molecule has 1 saturated heterocycles. The van der Waals surface area contributed by atoms with Crippen LogP contribution >= 0.6 is 15.9 Å². The summed E-state index contributed by atoms with van der Waals surface area (Å²) in [5.74, 6) is 0.0821. The maximum atomic E-state index is 12.9. The Morgan fingerprint density at radius 2 is 1.70 bits per heavy atom. The zero-order chi connectivity index (χ0) is 19.4. The number of carbonyl (C=O) groups is 1. The van der Waals surface area contributed by atoms with Gasteiger partial charge in [0.25, 0.3) is 0 Å². The third-order valence-electron chi connectivity index (χ3n) is 4.69. The minimum atomic E-state index is -4.35. The smallest absolute Gasteiger partial charge is 0.368 e. The van der Waals surface area contributed by atoms with E-state index in [0.717, 1.165) is 16.1 Å². The van der Waals surface area contributed by atoms with Crippen molar-refractivity contribution >= 4 is 27.5 Å². The monoisotopic (exact) mass is 440 g/mol. The van der Waals surface area contributed by atoms with Crippen LogP contribution in [0.4, 0.5) is 18.9 Å². The molecule has 0 aliphatic carbocycles. The fraction of sp³-hybridized carbons (Fsp3) is 0.350. The summed E-state index contributed by atoms with van der Waals surface area (Å²) >= 11 is 3.42. The highest BCUT2D eigenvalue weighted by Gasteiger charge is 2.31. The van der Waals surface area contributed by atoms with Gasteiger partial charge >= 0.3 is 6.18 Å². The number of piperazine rings is 1. The Bertz CT molecular complexity index is 802. The molecule has 7 heteroatoms. The predicted octanol–water partition coefficient (Wildman–Crippen LogP) is 4.75. The first-order valence-corrected chi connectivity index (χ1v) is 9.57. The Morgan fingerprint density at radius 1 is 1.00 bits per heavy atom. The number of amides is 1. The van der Waals surface area contributed by atoms with E-state index in [1.807, 2.05) is 29.2 Å². The first kappa shape index (κ1) is 19.7. The average molecular weight is 441 g/mol. The van der Waals surface area contributed by atoms with Crippen molar-refractivity contribution in [3.8, 4) is 0 Å². The second-order valence-electron chi connectivity index (χ2n) is 6.55. The second-order valence-corrected chi connectivity index (χ2v) is 7.46. The number of rotatable bonds is 4. The lowest BCUT2D eigenvalue weighted by Crippen LogP contribution is -2.48. The molecule has 1 aliphatic rings. The van der Waals surface area contributed by atoms with Gasteiger partial charge in [0.15, 0.2) is 0 Å². The minimum absolute atomic E-state index is 0.0821. The van der Waals surface area contributed by atoms with Crippen LogP contribution < -0.4 is 4.90 Å². The molecule has 3 rings (SSSR count). The van der Waals surface area contributed by atoms with E-state index >= 15 is 0 Å². The van der Waals surface area contributed by atoms with Gasteiger partial charge in [-0.1, -0.05) is 34.1 Å². The maximum absolute atomic E-state index is 12.9. The van der Waals surface area contributed by atoms with Gasteiger partial charge in [0.2, 0.25) is 5.91 Å². The number of anilines is 1. The number of alkyl halides is 3. The molecule has 0 unspecified atom stereocenters. The van der Waals surface area contributed by atoms with Gasteiger partial charge in [-0.25, -0.2) is 0 Å². The van der Waals surface area contributed by atoms with Crippen LogP contribution in [-0.4, -0.2) is 37.0 Å². The van der Waals surface area contributed by atoms with Gasteiger partial charge in [-0.15, -0.1) is 0 Å². The lowest BCUT2D eigenvalue weighted by molar-refractivity contribution is -0.137. The van der Waals surface area contributed by atoms with Crippen molar-refractivity contribution in [2.75, 3.05) is 31.1 Å². The highest BCUT2D eigenvalue weighted by molar-refractivity contribution is 9.10. The Balaban J connectivity index is 1.53. The van der Waals surface area contributed by atoms with E-state index in [2.05, 4.69) is 15.9 Å². The molecule has 2 aromatic carbocycles. The number of aryl methyl sites for hydroxylation is 1. The Kier molecular flexibility index (Phi) is 6.09. The molecule has 1 heterocycles. The topological polar surface area (TPSA) is 23.6 Å². The molecule has 27 heavy (non-hydrogen) atoms. The van der Waals surface area contributed by atoms with Gasteiger partial charge < -0.3 is 9.80 Å². The van der Waals surface area contributed by atoms with E-state index in [4.69, 9.17) is 0 Å². The fourth-order valence-corrected chi connectivity index (χ4v) is 3.64. The molecule has 0 N–H and O–H groups in total. The molecule has 0 aromatic heterocycles. The zero-order valence-electron chi connectivity index (χ0n) is 14.7. The predicted molar refractivity (Wildman–Crippen MR) is 103 cm³/mol. The standard InChI is InChI=1S/C20H20BrF3N2O/c21-17-5-1-3-15(13-17)7-8-19(27)26-11-9-25(10-12-26)18-6-2-4-16(14-18)20(22,23)24/h1-6,13-14H,7-12H2. The van der Waals surface area contributed by atoms with Gasteiger partial charge in [0.05, 0.1) is 5.56 Å². The van der Waals surface area contributed by atoms with Crippen LogP contribution in [0, 0.1) is 0 Å². The SMILES string of the molecule is O=C(CCc1cccc(Br)c1)N1CCN(c2cccc(C(F)(F)F)c2)CC1. The van der Waals surface area contributed by atoms with Gasteiger partial charge in [0.1, 0.15) is 0 Å². The van der Waals surface area contributed by atoms with Gasteiger partial charge in [0, 0.05) is 42.8 Å². The zero-order valence-corrected chi connectivity index (χ0v) is 16.3. The molecule has 2 aromatic rings. The second kappa shape index (κ2) is 8.33. The Labute approximate surface area is 164 Å². The number of nitrogens with zero attached hydrogens (tertiary/aromatic N) is 2. The van der Waals surface area contributed by atoms with Gasteiger partial charge in [-0.3, -0.25) is 4.79 Å². The summed E-state index contributed by atoms with van der Waals surface area (Å²) in [5, 5.41) is 0. The van der Waals surface area contributed by atoms with Crippen LogP contribution in [0.2, 0.25) is 0 Å². The number of carbonyl (C=O) groups excluding carboxylic acids is 1. The maximum Gasteiger partial charge on any atom is 0.416 e. The number of hydrogen-bond donors (Lipinski definition) is 0. The molecule has 1 aliphatic heterocycles. The van der Waals surface area contributed by atoms with Crippen molar-refractivity contribution in [2.24, 2.45) is 0 Å². The van der Waals surface area contributed by atoms with E-state index in [1.54, 1.807) is 11.0 Å². The quantitative estimate of drug-likeness (QED) is 0.684. The molecular formula is C20H20BrF3N2O. The molecule has 0 bridgehead atoms. The van der Waals surface area contributed by atoms with Crippen molar-refractivity contribution in [2.45, 2.75) is 19.0 Å². The summed E-state index contributed by atoms with van der Waals surface area (Å²) in [6.45, 7) is 2.11. The summed E-state index contributed by atoms with van der Waals surface area (Å²) in [6, 6.07) is 13.2. The van der Waals surface area contributed by atoms with E-state index in [0.29, 0.717) is 44.7 Å².